The number of pyridine rings is 2. The van der Waals surface area contributed by atoms with Crippen LogP contribution in [0.3, 0.4) is 0 Å². The molecule has 4 heterocycles. The molecule has 0 aliphatic carbocycles. The highest BCUT2D eigenvalue weighted by Gasteiger charge is 2.47. The fourth-order valence-corrected chi connectivity index (χ4v) is 5.98. The first-order valence-corrected chi connectivity index (χ1v) is 14.3. The number of carbonyl (C=O) groups is 2. The highest BCUT2D eigenvalue weighted by molar-refractivity contribution is 6.31. The molecule has 2 fully saturated rings. The van der Waals surface area contributed by atoms with Crippen molar-refractivity contribution in [2.24, 2.45) is 0 Å². The van der Waals surface area contributed by atoms with E-state index in [1.165, 1.54) is 0 Å². The van der Waals surface area contributed by atoms with E-state index < -0.39 is 11.6 Å². The number of piperazine rings is 1. The molecule has 3 atom stereocenters. The number of nitrogens with zero attached hydrogens (tertiary/aromatic N) is 3. The summed E-state index contributed by atoms with van der Waals surface area (Å²) in [5.74, 6) is 0.407. The van der Waals surface area contributed by atoms with Gasteiger partial charge in [0.05, 0.1) is 29.2 Å². The van der Waals surface area contributed by atoms with Gasteiger partial charge in [-0.2, -0.15) is 0 Å². The Balaban J connectivity index is 1.19. The lowest BCUT2D eigenvalue weighted by atomic mass is 9.98. The number of hydrogen-bond acceptors (Lipinski definition) is 6. The van der Waals surface area contributed by atoms with Crippen molar-refractivity contribution in [1.82, 2.24) is 20.2 Å². The van der Waals surface area contributed by atoms with E-state index in [1.807, 2.05) is 57.2 Å². The lowest BCUT2D eigenvalue weighted by Crippen LogP contribution is -2.50. The van der Waals surface area contributed by atoms with Crippen LogP contribution in [-0.2, 0) is 4.74 Å². The zero-order valence-electron chi connectivity index (χ0n) is 23.6. The first-order chi connectivity index (χ1) is 20.1. The SMILES string of the molecule is CC(C)(C)OC(=O)N1CC2CC1CN2c1ccc(C(=O)NC(c2ccccc2)c2c[nH]c3cc(Cl)ccc3c2=O)cn1. The number of benzene rings is 2. The number of rotatable bonds is 5. The minimum absolute atomic E-state index is 0.0670. The van der Waals surface area contributed by atoms with E-state index in [2.05, 4.69) is 20.2 Å². The van der Waals surface area contributed by atoms with Crippen molar-refractivity contribution in [3.05, 3.63) is 105 Å². The van der Waals surface area contributed by atoms with Gasteiger partial charge in [0, 0.05) is 41.5 Å². The Hall–Kier alpha value is -4.37. The molecule has 2 aromatic heterocycles. The number of ether oxygens (including phenoxy) is 1. The van der Waals surface area contributed by atoms with E-state index in [0.29, 0.717) is 40.1 Å². The number of carbonyl (C=O) groups excluding carboxylic acids is 2. The summed E-state index contributed by atoms with van der Waals surface area (Å²) in [7, 11) is 0. The second kappa shape index (κ2) is 10.8. The number of amides is 2. The van der Waals surface area contributed by atoms with E-state index in [4.69, 9.17) is 16.3 Å². The van der Waals surface area contributed by atoms with Crippen LogP contribution in [0.5, 0.6) is 0 Å². The van der Waals surface area contributed by atoms with Crippen molar-refractivity contribution in [3.63, 3.8) is 0 Å². The quantitative estimate of drug-likeness (QED) is 0.329. The van der Waals surface area contributed by atoms with Crippen LogP contribution in [0.1, 0.15) is 54.7 Å². The van der Waals surface area contributed by atoms with Gasteiger partial charge < -0.3 is 24.8 Å². The number of likely N-dealkylation sites (tertiary alicyclic amines) is 1. The molecule has 2 saturated heterocycles. The molecule has 2 amide bonds. The van der Waals surface area contributed by atoms with Crippen molar-refractivity contribution in [3.8, 4) is 0 Å². The summed E-state index contributed by atoms with van der Waals surface area (Å²) in [5.41, 5.74) is 1.47. The molecule has 0 spiro atoms. The summed E-state index contributed by atoms with van der Waals surface area (Å²) in [5, 5.41) is 4.05. The van der Waals surface area contributed by atoms with Gasteiger partial charge in [0.1, 0.15) is 11.4 Å². The molecule has 9 nitrogen and oxygen atoms in total. The fourth-order valence-electron chi connectivity index (χ4n) is 5.81. The Kier molecular flexibility index (Phi) is 7.14. The van der Waals surface area contributed by atoms with Gasteiger partial charge in [0.15, 0.2) is 5.43 Å². The van der Waals surface area contributed by atoms with Crippen LogP contribution in [0.2, 0.25) is 5.02 Å². The van der Waals surface area contributed by atoms with E-state index in [1.54, 1.807) is 41.6 Å². The van der Waals surface area contributed by atoms with Crippen LogP contribution >= 0.6 is 11.6 Å². The maximum absolute atomic E-state index is 13.5. The molecule has 2 aliphatic heterocycles. The zero-order valence-corrected chi connectivity index (χ0v) is 24.4. The molecular weight excluding hydrogens is 554 g/mol. The average Bonchev–Trinajstić information content (AvgIpc) is 3.58. The summed E-state index contributed by atoms with van der Waals surface area (Å²) in [6, 6.07) is 17.5. The van der Waals surface area contributed by atoms with Crippen molar-refractivity contribution >= 4 is 40.3 Å². The summed E-state index contributed by atoms with van der Waals surface area (Å²) in [6.07, 6.45) is 3.76. The van der Waals surface area contributed by atoms with Crippen LogP contribution in [0.25, 0.3) is 10.9 Å². The van der Waals surface area contributed by atoms with Gasteiger partial charge >= 0.3 is 6.09 Å². The van der Waals surface area contributed by atoms with E-state index >= 15 is 0 Å². The molecule has 3 unspecified atom stereocenters. The standard InChI is InChI=1S/C32H32ClN5O4/c1-32(2,3)42-31(41)38-18-22-14-23(38)17-37(22)27-12-9-20(15-35-27)30(40)36-28(19-7-5-4-6-8-19)25-16-34-26-13-21(33)10-11-24(26)29(25)39/h4-13,15-16,22-23,28H,14,17-18H2,1-3H3,(H,34,39)(H,36,40). The molecule has 6 rings (SSSR count). The van der Waals surface area contributed by atoms with E-state index in [-0.39, 0.29) is 29.5 Å². The van der Waals surface area contributed by atoms with Gasteiger partial charge in [-0.3, -0.25) is 9.59 Å². The number of halogens is 1. The maximum atomic E-state index is 13.5. The molecule has 216 valence electrons. The van der Waals surface area contributed by atoms with Crippen molar-refractivity contribution in [2.75, 3.05) is 18.0 Å². The van der Waals surface area contributed by atoms with Crippen molar-refractivity contribution < 1.29 is 14.3 Å². The molecule has 10 heteroatoms. The van der Waals surface area contributed by atoms with Crippen molar-refractivity contribution in [1.29, 1.82) is 0 Å². The summed E-state index contributed by atoms with van der Waals surface area (Å²) >= 11 is 6.11. The number of fused-ring (bicyclic) bond motifs is 3. The van der Waals surface area contributed by atoms with E-state index in [0.717, 1.165) is 17.8 Å². The monoisotopic (exact) mass is 585 g/mol. The van der Waals surface area contributed by atoms with Gasteiger partial charge in [-0.15, -0.1) is 0 Å². The Morgan fingerprint density at radius 3 is 2.52 bits per heavy atom. The number of aromatic nitrogens is 2. The number of H-pyrrole nitrogens is 1. The maximum Gasteiger partial charge on any atom is 0.410 e. The average molecular weight is 586 g/mol. The lowest BCUT2D eigenvalue weighted by Gasteiger charge is -2.35. The van der Waals surface area contributed by atoms with Crippen molar-refractivity contribution in [2.45, 2.75) is 50.9 Å². The first-order valence-electron chi connectivity index (χ1n) is 14.0. The molecule has 2 bridgehead atoms. The van der Waals surface area contributed by atoms with E-state index in [9.17, 15) is 14.4 Å². The summed E-state index contributed by atoms with van der Waals surface area (Å²) < 4.78 is 5.57. The van der Waals surface area contributed by atoms with Gasteiger partial charge in [-0.1, -0.05) is 41.9 Å². The fraction of sp³-hybridized carbons (Fsp3) is 0.312. The largest absolute Gasteiger partial charge is 0.444 e. The Bertz CT molecular complexity index is 1700. The highest BCUT2D eigenvalue weighted by atomic mass is 35.5. The number of aromatic amines is 1. The first kappa shape index (κ1) is 27.8. The highest BCUT2D eigenvalue weighted by Crippen LogP contribution is 2.34. The molecule has 0 saturated carbocycles. The summed E-state index contributed by atoms with van der Waals surface area (Å²) in [4.78, 5) is 51.3. The molecule has 2 aliphatic rings. The van der Waals surface area contributed by atoms with Crippen LogP contribution in [-0.4, -0.2) is 57.6 Å². The second-order valence-corrected chi connectivity index (χ2v) is 12.3. The Morgan fingerprint density at radius 1 is 1.07 bits per heavy atom. The van der Waals surface area contributed by atoms with Crippen LogP contribution in [0, 0.1) is 0 Å². The predicted octanol–water partition coefficient (Wildman–Crippen LogP) is 5.29. The minimum atomic E-state index is -0.685. The third-order valence-electron chi connectivity index (χ3n) is 7.76. The zero-order chi connectivity index (χ0) is 29.6. The van der Waals surface area contributed by atoms with Crippen LogP contribution in [0.15, 0.2) is 77.9 Å². The second-order valence-electron chi connectivity index (χ2n) is 11.8. The molecule has 0 radical (unpaired) electrons. The number of hydrogen-bond donors (Lipinski definition) is 2. The topological polar surface area (TPSA) is 108 Å². The Morgan fingerprint density at radius 2 is 1.86 bits per heavy atom. The normalized spacial score (nSPS) is 18.8. The van der Waals surface area contributed by atoms with Crippen LogP contribution in [0.4, 0.5) is 10.6 Å². The van der Waals surface area contributed by atoms with Gasteiger partial charge in [-0.25, -0.2) is 9.78 Å². The van der Waals surface area contributed by atoms with Gasteiger partial charge in [0.2, 0.25) is 0 Å². The molecule has 2 aromatic carbocycles. The number of nitrogens with one attached hydrogen (secondary N) is 2. The predicted molar refractivity (Wildman–Crippen MR) is 162 cm³/mol. The van der Waals surface area contributed by atoms with Gasteiger partial charge in [-0.05, 0) is 63.1 Å². The Labute approximate surface area is 248 Å². The van der Waals surface area contributed by atoms with Gasteiger partial charge in [0.25, 0.3) is 5.91 Å². The summed E-state index contributed by atoms with van der Waals surface area (Å²) in [6.45, 7) is 6.84. The smallest absolute Gasteiger partial charge is 0.410 e. The third kappa shape index (κ3) is 5.44. The molecule has 4 aromatic rings. The molecule has 42 heavy (non-hydrogen) atoms. The minimum Gasteiger partial charge on any atom is -0.444 e. The molecular formula is C32H32ClN5O4. The van der Waals surface area contributed by atoms with Crippen LogP contribution < -0.4 is 15.6 Å². The third-order valence-corrected chi connectivity index (χ3v) is 8.00. The number of anilines is 1. The lowest BCUT2D eigenvalue weighted by molar-refractivity contribution is 0.0214. The molecule has 2 N–H and O–H groups in total.